The maximum atomic E-state index is 13.7. The predicted octanol–water partition coefficient (Wildman–Crippen LogP) is 2.11. The Bertz CT molecular complexity index is 1210. The Morgan fingerprint density at radius 3 is 2.82 bits per heavy atom. The summed E-state index contributed by atoms with van der Waals surface area (Å²) in [6, 6.07) is 4.99. The number of hydrogen-bond acceptors (Lipinski definition) is 8. The number of methoxy groups -OCH3 is 1. The van der Waals surface area contributed by atoms with E-state index in [1.807, 2.05) is 6.07 Å². The van der Waals surface area contributed by atoms with E-state index in [9.17, 15) is 14.3 Å². The van der Waals surface area contributed by atoms with Crippen LogP contribution in [0.2, 0.25) is 0 Å². The average molecular weight is 458 g/mol. The Kier molecular flexibility index (Phi) is 5.77. The Hall–Kier alpha value is -3.02. The number of aromatic nitrogens is 4. The highest BCUT2D eigenvalue weighted by atomic mass is 19.1. The van der Waals surface area contributed by atoms with E-state index in [4.69, 9.17) is 4.74 Å². The normalized spacial score (nSPS) is 25.3. The van der Waals surface area contributed by atoms with Gasteiger partial charge in [0.05, 0.1) is 17.9 Å². The van der Waals surface area contributed by atoms with E-state index in [2.05, 4.69) is 26.0 Å². The van der Waals surface area contributed by atoms with E-state index in [-0.39, 0.29) is 23.7 Å². The van der Waals surface area contributed by atoms with Gasteiger partial charge in [-0.25, -0.2) is 9.37 Å². The summed E-state index contributed by atoms with van der Waals surface area (Å²) in [6.07, 6.45) is 4.19. The Morgan fingerprint density at radius 1 is 1.33 bits per heavy atom. The fourth-order valence-corrected chi connectivity index (χ4v) is 4.34. The van der Waals surface area contributed by atoms with Crippen LogP contribution in [-0.4, -0.2) is 56.7 Å². The van der Waals surface area contributed by atoms with Crippen molar-refractivity contribution in [2.45, 2.75) is 56.3 Å². The lowest BCUT2D eigenvalue weighted by atomic mass is 9.89. The number of alkyl halides is 1. The van der Waals surface area contributed by atoms with Gasteiger partial charge in [-0.05, 0) is 37.8 Å². The van der Waals surface area contributed by atoms with Gasteiger partial charge in [-0.3, -0.25) is 10.1 Å². The van der Waals surface area contributed by atoms with E-state index in [1.54, 1.807) is 41.6 Å². The third-order valence-corrected chi connectivity index (χ3v) is 6.65. The molecule has 10 nitrogen and oxygen atoms in total. The minimum atomic E-state index is -1.11. The number of aliphatic hydroxyl groups excluding tert-OH is 1. The fraction of sp³-hybridized carbons (Fsp3) is 0.500. The molecule has 0 bridgehead atoms. The first kappa shape index (κ1) is 21.8. The molecule has 0 spiro atoms. The first-order valence-electron chi connectivity index (χ1n) is 11.1. The quantitative estimate of drug-likeness (QED) is 0.380. The van der Waals surface area contributed by atoms with Crippen LogP contribution in [0.25, 0.3) is 5.65 Å². The summed E-state index contributed by atoms with van der Waals surface area (Å²) in [6.45, 7) is 0. The zero-order valence-corrected chi connectivity index (χ0v) is 18.5. The van der Waals surface area contributed by atoms with Crippen LogP contribution in [0.3, 0.4) is 0 Å². The highest BCUT2D eigenvalue weighted by Crippen LogP contribution is 2.33. The van der Waals surface area contributed by atoms with E-state index in [1.165, 1.54) is 6.20 Å². The molecule has 2 saturated carbocycles. The first-order chi connectivity index (χ1) is 16.0. The molecule has 0 amide bonds. The summed E-state index contributed by atoms with van der Waals surface area (Å²) in [4.78, 5) is 17.6. The number of aliphatic hydroxyl groups is 1. The van der Waals surface area contributed by atoms with Crippen molar-refractivity contribution in [1.82, 2.24) is 24.5 Å². The molecule has 0 aliphatic heterocycles. The molecule has 3 aromatic heterocycles. The van der Waals surface area contributed by atoms with Crippen LogP contribution in [0.5, 0.6) is 0 Å². The van der Waals surface area contributed by atoms with Crippen LogP contribution in [0.1, 0.15) is 43.5 Å². The van der Waals surface area contributed by atoms with Crippen LogP contribution >= 0.6 is 0 Å². The molecular weight excluding hydrogens is 429 g/mol. The fourth-order valence-electron chi connectivity index (χ4n) is 4.34. The molecule has 176 valence electrons. The number of rotatable bonds is 8. The third kappa shape index (κ3) is 3.96. The second kappa shape index (κ2) is 8.73. The molecule has 3 atom stereocenters. The molecule has 5 rings (SSSR count). The van der Waals surface area contributed by atoms with Crippen molar-refractivity contribution in [2.24, 2.45) is 0 Å². The summed E-state index contributed by atoms with van der Waals surface area (Å²) in [5.74, 6) is 1.04. The minimum Gasteiger partial charge on any atom is -0.381 e. The van der Waals surface area contributed by atoms with Gasteiger partial charge in [0.1, 0.15) is 29.7 Å². The molecular formula is C22H28FN7O3. The molecule has 0 saturated heterocycles. The van der Waals surface area contributed by atoms with Crippen molar-refractivity contribution >= 4 is 23.0 Å². The van der Waals surface area contributed by atoms with Crippen molar-refractivity contribution in [2.75, 3.05) is 24.8 Å². The van der Waals surface area contributed by atoms with Crippen molar-refractivity contribution in [3.8, 4) is 0 Å². The summed E-state index contributed by atoms with van der Waals surface area (Å²) >= 11 is 0. The molecule has 3 heterocycles. The van der Waals surface area contributed by atoms with Crippen LogP contribution in [0.4, 0.5) is 21.7 Å². The van der Waals surface area contributed by atoms with Crippen LogP contribution < -0.4 is 21.5 Å². The average Bonchev–Trinajstić information content (AvgIpc) is 3.21. The van der Waals surface area contributed by atoms with Crippen LogP contribution in [0, 0.1) is 0 Å². The molecule has 11 heteroatoms. The maximum Gasteiger partial charge on any atom is 0.274 e. The molecule has 2 fully saturated rings. The van der Waals surface area contributed by atoms with Gasteiger partial charge in [0.2, 0.25) is 0 Å². The Labute approximate surface area is 189 Å². The minimum absolute atomic E-state index is 0.112. The van der Waals surface area contributed by atoms with Crippen molar-refractivity contribution < 1.29 is 14.2 Å². The lowest BCUT2D eigenvalue weighted by Crippen LogP contribution is -2.47. The number of nitrogens with one attached hydrogen (secondary N) is 3. The van der Waals surface area contributed by atoms with Gasteiger partial charge in [0.25, 0.3) is 5.56 Å². The number of halogens is 1. The molecule has 0 radical (unpaired) electrons. The number of nitrogens with zero attached hydrogens (tertiary/aromatic N) is 4. The summed E-state index contributed by atoms with van der Waals surface area (Å²) in [7, 11) is 3.43. The zero-order chi connectivity index (χ0) is 23.1. The number of anilines is 3. The predicted molar refractivity (Wildman–Crippen MR) is 122 cm³/mol. The SMILES string of the molecule is CNc1cc(Nc2cccn(C3CC(OC)C3)c2=O)nc2c(C(O)NC3CC[C@@H]3F)cnn12. The Balaban J connectivity index is 1.43. The summed E-state index contributed by atoms with van der Waals surface area (Å²) in [5, 5.41) is 24.0. The molecule has 4 N–H and O–H groups in total. The van der Waals surface area contributed by atoms with E-state index in [0.29, 0.717) is 41.4 Å². The van der Waals surface area contributed by atoms with E-state index in [0.717, 1.165) is 12.8 Å². The number of fused-ring (bicyclic) bond motifs is 1. The largest absolute Gasteiger partial charge is 0.381 e. The smallest absolute Gasteiger partial charge is 0.274 e. The second-order valence-electron chi connectivity index (χ2n) is 8.62. The lowest BCUT2D eigenvalue weighted by molar-refractivity contribution is 0.00522. The van der Waals surface area contributed by atoms with Crippen molar-refractivity contribution in [3.63, 3.8) is 0 Å². The summed E-state index contributed by atoms with van der Waals surface area (Å²) in [5.41, 5.74) is 1.09. The van der Waals surface area contributed by atoms with Crippen molar-refractivity contribution in [3.05, 3.63) is 46.5 Å². The summed E-state index contributed by atoms with van der Waals surface area (Å²) < 4.78 is 22.3. The molecule has 0 aromatic carbocycles. The number of ether oxygens (including phenoxy) is 1. The lowest BCUT2D eigenvalue weighted by Gasteiger charge is -2.35. The molecule has 2 aliphatic rings. The van der Waals surface area contributed by atoms with Crippen LogP contribution in [-0.2, 0) is 4.74 Å². The Morgan fingerprint density at radius 2 is 2.15 bits per heavy atom. The van der Waals surface area contributed by atoms with Gasteiger partial charge < -0.3 is 25.0 Å². The van der Waals surface area contributed by atoms with Gasteiger partial charge in [-0.2, -0.15) is 9.61 Å². The molecule has 2 unspecified atom stereocenters. The highest BCUT2D eigenvalue weighted by molar-refractivity contribution is 5.65. The monoisotopic (exact) mass is 457 g/mol. The first-order valence-corrected chi connectivity index (χ1v) is 11.1. The van der Waals surface area contributed by atoms with Crippen LogP contribution in [0.15, 0.2) is 35.4 Å². The third-order valence-electron chi connectivity index (χ3n) is 6.65. The molecule has 33 heavy (non-hydrogen) atoms. The topological polar surface area (TPSA) is 118 Å². The van der Waals surface area contributed by atoms with Crippen molar-refractivity contribution in [1.29, 1.82) is 0 Å². The van der Waals surface area contributed by atoms with Gasteiger partial charge >= 0.3 is 0 Å². The maximum absolute atomic E-state index is 13.7. The van der Waals surface area contributed by atoms with E-state index >= 15 is 0 Å². The van der Waals surface area contributed by atoms with Gasteiger partial charge in [0.15, 0.2) is 5.65 Å². The second-order valence-corrected chi connectivity index (χ2v) is 8.62. The van der Waals surface area contributed by atoms with E-state index < -0.39 is 12.4 Å². The zero-order valence-electron chi connectivity index (χ0n) is 18.5. The molecule has 3 aromatic rings. The van der Waals surface area contributed by atoms with Gasteiger partial charge in [0, 0.05) is 38.5 Å². The van der Waals surface area contributed by atoms with Gasteiger partial charge in [-0.1, -0.05) is 0 Å². The molecule has 2 aliphatic carbocycles. The number of pyridine rings is 1. The number of hydrogen-bond donors (Lipinski definition) is 4. The highest BCUT2D eigenvalue weighted by Gasteiger charge is 2.33. The standard InChI is InChI=1S/C22H28FN7O3/c1-24-19-10-18(26-17-4-3-7-29(22(17)32)12-8-13(9-12)33-2)28-20-14(11-25-30(19)20)21(31)27-16-6-5-15(16)23/h3-4,7,10-13,15-16,21,24,27,31H,5-6,8-9H2,1-2H3,(H,26,28)/t12?,13?,15-,16?,21?/m0/s1. The van der Waals surface area contributed by atoms with Gasteiger partial charge in [-0.15, -0.1) is 0 Å².